The first-order valence-corrected chi connectivity index (χ1v) is 6.99. The van der Waals surface area contributed by atoms with Crippen LogP contribution in [0.25, 0.3) is 0 Å². The quantitative estimate of drug-likeness (QED) is 0.351. The van der Waals surface area contributed by atoms with E-state index < -0.39 is 0 Å². The molecule has 0 saturated heterocycles. The van der Waals surface area contributed by atoms with Crippen molar-refractivity contribution in [2.45, 2.75) is 19.9 Å². The van der Waals surface area contributed by atoms with Gasteiger partial charge < -0.3 is 14.8 Å². The van der Waals surface area contributed by atoms with Crippen molar-refractivity contribution in [2.24, 2.45) is 5.10 Å². The van der Waals surface area contributed by atoms with Crippen LogP contribution in [0.2, 0.25) is 0 Å². The normalized spacial score (nSPS) is 10.5. The van der Waals surface area contributed by atoms with E-state index in [-0.39, 0.29) is 6.04 Å². The number of benzene rings is 1. The van der Waals surface area contributed by atoms with Gasteiger partial charge in [0.15, 0.2) is 16.6 Å². The van der Waals surface area contributed by atoms with E-state index in [2.05, 4.69) is 22.4 Å². The van der Waals surface area contributed by atoms with Crippen LogP contribution in [0.4, 0.5) is 0 Å². The van der Waals surface area contributed by atoms with Crippen molar-refractivity contribution in [3.05, 3.63) is 36.4 Å². The molecule has 0 spiro atoms. The van der Waals surface area contributed by atoms with Crippen LogP contribution in [0.1, 0.15) is 19.4 Å². The van der Waals surface area contributed by atoms with Crippen molar-refractivity contribution in [1.29, 1.82) is 0 Å². The van der Waals surface area contributed by atoms with Gasteiger partial charge in [0.05, 0.1) is 13.3 Å². The fourth-order valence-electron chi connectivity index (χ4n) is 1.49. The maximum atomic E-state index is 5.48. The second-order valence-electron chi connectivity index (χ2n) is 4.51. The largest absolute Gasteiger partial charge is 0.493 e. The third-order valence-electron chi connectivity index (χ3n) is 2.34. The molecule has 0 aliphatic carbocycles. The van der Waals surface area contributed by atoms with Crippen molar-refractivity contribution >= 4 is 23.5 Å². The Labute approximate surface area is 131 Å². The Bertz CT molecular complexity index is 516. The van der Waals surface area contributed by atoms with Gasteiger partial charge in [0.1, 0.15) is 6.61 Å². The summed E-state index contributed by atoms with van der Waals surface area (Å²) < 4.78 is 10.8. The Hall–Kier alpha value is -2.08. The molecule has 1 aromatic rings. The minimum atomic E-state index is 0.265. The Morgan fingerprint density at radius 1 is 1.43 bits per heavy atom. The zero-order valence-corrected chi connectivity index (χ0v) is 13.4. The molecule has 0 fully saturated rings. The standard InChI is InChI=1S/C15H21N3O2S/c1-5-8-20-13-7-6-12(9-14(13)19-4)10-16-18-15(21)17-11(2)3/h5-7,9-11H,1,8H2,2-4H3,(H2,17,18,21)/b16-10-. The molecule has 5 nitrogen and oxygen atoms in total. The summed E-state index contributed by atoms with van der Waals surface area (Å²) in [5.41, 5.74) is 3.63. The van der Waals surface area contributed by atoms with Crippen LogP contribution in [0.3, 0.4) is 0 Å². The first-order chi connectivity index (χ1) is 10.1. The van der Waals surface area contributed by atoms with Crippen molar-refractivity contribution < 1.29 is 9.47 Å². The van der Waals surface area contributed by atoms with E-state index in [9.17, 15) is 0 Å². The summed E-state index contributed by atoms with van der Waals surface area (Å²) in [5.74, 6) is 1.31. The molecule has 0 amide bonds. The first kappa shape index (κ1) is 17.0. The van der Waals surface area contributed by atoms with Crippen LogP contribution in [-0.4, -0.2) is 31.1 Å². The molecule has 0 aliphatic heterocycles. The van der Waals surface area contributed by atoms with E-state index >= 15 is 0 Å². The first-order valence-electron chi connectivity index (χ1n) is 6.58. The maximum Gasteiger partial charge on any atom is 0.187 e. The predicted octanol–water partition coefficient (Wildman–Crippen LogP) is 2.47. The molecule has 6 heteroatoms. The average Bonchev–Trinajstić information content (AvgIpc) is 2.44. The highest BCUT2D eigenvalue weighted by Gasteiger charge is 2.04. The van der Waals surface area contributed by atoms with E-state index in [4.69, 9.17) is 21.7 Å². The van der Waals surface area contributed by atoms with Crippen molar-refractivity contribution in [3.8, 4) is 11.5 Å². The molecular weight excluding hydrogens is 286 g/mol. The molecule has 0 aliphatic rings. The fourth-order valence-corrected chi connectivity index (χ4v) is 1.78. The van der Waals surface area contributed by atoms with Crippen LogP contribution < -0.4 is 20.2 Å². The number of hydrogen-bond acceptors (Lipinski definition) is 4. The lowest BCUT2D eigenvalue weighted by Crippen LogP contribution is -2.36. The number of thiocarbonyl (C=S) groups is 1. The summed E-state index contributed by atoms with van der Waals surface area (Å²) in [4.78, 5) is 0. The van der Waals surface area contributed by atoms with E-state index in [0.29, 0.717) is 23.2 Å². The van der Waals surface area contributed by atoms with Crippen molar-refractivity contribution in [2.75, 3.05) is 13.7 Å². The third kappa shape index (κ3) is 6.27. The predicted molar refractivity (Wildman–Crippen MR) is 90.3 cm³/mol. The minimum absolute atomic E-state index is 0.265. The van der Waals surface area contributed by atoms with Gasteiger partial charge in [-0.15, -0.1) is 0 Å². The van der Waals surface area contributed by atoms with Crippen LogP contribution in [0.15, 0.2) is 36.0 Å². The zero-order chi connectivity index (χ0) is 15.7. The molecule has 1 rings (SSSR count). The number of nitrogens with one attached hydrogen (secondary N) is 2. The topological polar surface area (TPSA) is 54.9 Å². The lowest BCUT2D eigenvalue weighted by Gasteiger charge is -2.10. The molecule has 114 valence electrons. The van der Waals surface area contributed by atoms with E-state index in [1.54, 1.807) is 19.4 Å². The molecule has 0 bridgehead atoms. The van der Waals surface area contributed by atoms with E-state index in [1.807, 2.05) is 32.0 Å². The molecule has 1 aromatic carbocycles. The van der Waals surface area contributed by atoms with Gasteiger partial charge in [-0.3, -0.25) is 5.43 Å². The highest BCUT2D eigenvalue weighted by molar-refractivity contribution is 7.80. The molecule has 0 heterocycles. The minimum Gasteiger partial charge on any atom is -0.493 e. The van der Waals surface area contributed by atoms with Crippen LogP contribution in [-0.2, 0) is 0 Å². The van der Waals surface area contributed by atoms with Gasteiger partial charge in [-0.1, -0.05) is 12.7 Å². The van der Waals surface area contributed by atoms with Gasteiger partial charge in [0, 0.05) is 6.04 Å². The van der Waals surface area contributed by atoms with E-state index in [1.165, 1.54) is 0 Å². The SMILES string of the molecule is C=CCOc1ccc(/C=N\NC(=S)NC(C)C)cc1OC. The molecule has 0 radical (unpaired) electrons. The van der Waals surface area contributed by atoms with Gasteiger partial charge in [0.25, 0.3) is 0 Å². The lowest BCUT2D eigenvalue weighted by atomic mass is 10.2. The Morgan fingerprint density at radius 3 is 2.81 bits per heavy atom. The number of hydrazone groups is 1. The number of nitrogens with zero attached hydrogens (tertiary/aromatic N) is 1. The number of methoxy groups -OCH3 is 1. The monoisotopic (exact) mass is 307 g/mol. The lowest BCUT2D eigenvalue weighted by molar-refractivity contribution is 0.326. The van der Waals surface area contributed by atoms with Crippen LogP contribution in [0, 0.1) is 0 Å². The molecule has 0 aromatic heterocycles. The third-order valence-corrected chi connectivity index (χ3v) is 2.55. The number of ether oxygens (including phenoxy) is 2. The Kier molecular flexibility index (Phi) is 7.25. The van der Waals surface area contributed by atoms with Gasteiger partial charge in [0.2, 0.25) is 0 Å². The summed E-state index contributed by atoms with van der Waals surface area (Å²) >= 11 is 5.07. The summed E-state index contributed by atoms with van der Waals surface area (Å²) in [7, 11) is 1.59. The summed E-state index contributed by atoms with van der Waals surface area (Å²) in [6.45, 7) is 8.05. The van der Waals surface area contributed by atoms with Crippen LogP contribution >= 0.6 is 12.2 Å². The van der Waals surface area contributed by atoms with Crippen molar-refractivity contribution in [3.63, 3.8) is 0 Å². The summed E-state index contributed by atoms with van der Waals surface area (Å²) in [5, 5.41) is 7.59. The van der Waals surface area contributed by atoms with Gasteiger partial charge in [-0.2, -0.15) is 5.10 Å². The maximum absolute atomic E-state index is 5.48. The number of rotatable bonds is 7. The number of hydrogen-bond donors (Lipinski definition) is 2. The molecule has 0 unspecified atom stereocenters. The Balaban J connectivity index is 2.67. The van der Waals surface area contributed by atoms with Gasteiger partial charge in [-0.05, 0) is 49.8 Å². The highest BCUT2D eigenvalue weighted by atomic mass is 32.1. The van der Waals surface area contributed by atoms with Crippen molar-refractivity contribution in [1.82, 2.24) is 10.7 Å². The molecule has 21 heavy (non-hydrogen) atoms. The molecule has 2 N–H and O–H groups in total. The zero-order valence-electron chi connectivity index (χ0n) is 12.6. The average molecular weight is 307 g/mol. The summed E-state index contributed by atoms with van der Waals surface area (Å²) in [6, 6.07) is 5.81. The second-order valence-corrected chi connectivity index (χ2v) is 4.92. The van der Waals surface area contributed by atoms with Gasteiger partial charge >= 0.3 is 0 Å². The Morgan fingerprint density at radius 2 is 2.19 bits per heavy atom. The van der Waals surface area contributed by atoms with Gasteiger partial charge in [-0.25, -0.2) is 0 Å². The smallest absolute Gasteiger partial charge is 0.187 e. The second kappa shape index (κ2) is 8.97. The molecule has 0 saturated carbocycles. The molecule has 0 atom stereocenters. The highest BCUT2D eigenvalue weighted by Crippen LogP contribution is 2.27. The summed E-state index contributed by atoms with van der Waals surface area (Å²) in [6.07, 6.45) is 3.34. The fraction of sp³-hybridized carbons (Fsp3) is 0.333. The van der Waals surface area contributed by atoms with Crippen LogP contribution in [0.5, 0.6) is 11.5 Å². The molecular formula is C15H21N3O2S. The van der Waals surface area contributed by atoms with E-state index in [0.717, 1.165) is 5.56 Å².